The van der Waals surface area contributed by atoms with Gasteiger partial charge in [0, 0.05) is 56.9 Å². The molecule has 3 fully saturated rings. The van der Waals surface area contributed by atoms with Crippen LogP contribution < -0.4 is 25.8 Å². The molecule has 58 heavy (non-hydrogen) atoms. The summed E-state index contributed by atoms with van der Waals surface area (Å²) in [6, 6.07) is 25.3. The van der Waals surface area contributed by atoms with Crippen LogP contribution >= 0.6 is 0 Å². The Kier molecular flexibility index (Phi) is 10.5. The van der Waals surface area contributed by atoms with Gasteiger partial charge in [-0.2, -0.15) is 14.8 Å². The van der Waals surface area contributed by atoms with Gasteiger partial charge in [0.05, 0.1) is 12.4 Å². The lowest BCUT2D eigenvalue weighted by atomic mass is 9.91. The Bertz CT molecular complexity index is 2260. The van der Waals surface area contributed by atoms with E-state index in [4.69, 9.17) is 15.0 Å². The van der Waals surface area contributed by atoms with Crippen LogP contribution in [0.25, 0.3) is 11.2 Å². The Morgan fingerprint density at radius 1 is 0.810 bits per heavy atom. The Morgan fingerprint density at radius 2 is 1.48 bits per heavy atom. The molecule has 17 nitrogen and oxygen atoms in total. The van der Waals surface area contributed by atoms with Gasteiger partial charge in [-0.3, -0.25) is 0 Å². The van der Waals surface area contributed by atoms with E-state index < -0.39 is 24.3 Å². The SMILES string of the molecule is Cc1nnn([C@H]2C[C@@H](n3cnc4c(NCC(c5ccccc5)c5ccccc5)nc(N5CC[C@@H](NC(=O)NC6CCN(c7ccccn7)CC6)C5)nc43)[C@H](O)[C@@H]2O)n1. The number of carbonyl (C=O) groups is 1. The molecule has 6 aromatic rings. The fourth-order valence-electron chi connectivity index (χ4n) is 8.61. The molecule has 2 saturated heterocycles. The molecule has 2 aliphatic heterocycles. The molecular weight excluding hydrogens is 737 g/mol. The van der Waals surface area contributed by atoms with E-state index >= 15 is 0 Å². The maximum absolute atomic E-state index is 13.2. The van der Waals surface area contributed by atoms with Gasteiger partial charge in [-0.15, -0.1) is 10.2 Å². The molecule has 1 saturated carbocycles. The number of hydrogen-bond donors (Lipinski definition) is 5. The van der Waals surface area contributed by atoms with Crippen LogP contribution in [0.5, 0.6) is 0 Å². The average molecular weight is 785 g/mol. The molecule has 6 heterocycles. The molecule has 5 N–H and O–H groups in total. The molecule has 3 aliphatic rings. The molecule has 2 aromatic carbocycles. The van der Waals surface area contributed by atoms with E-state index in [0.717, 1.165) is 49.3 Å². The average Bonchev–Trinajstić information content (AvgIpc) is 4.07. The number of aromatic nitrogens is 9. The Morgan fingerprint density at radius 3 is 2.17 bits per heavy atom. The zero-order chi connectivity index (χ0) is 39.6. The number of fused-ring (bicyclic) bond motifs is 1. The number of aryl methyl sites for hydroxylation is 1. The van der Waals surface area contributed by atoms with Crippen molar-refractivity contribution in [3.63, 3.8) is 0 Å². The lowest BCUT2D eigenvalue weighted by molar-refractivity contribution is 0.00474. The Balaban J connectivity index is 0.949. The number of benzene rings is 2. The molecular formula is C41H48N14O3. The number of imidazole rings is 1. The van der Waals surface area contributed by atoms with Crippen molar-refractivity contribution in [1.82, 2.24) is 55.3 Å². The van der Waals surface area contributed by atoms with Gasteiger partial charge in [0.2, 0.25) is 5.95 Å². The maximum atomic E-state index is 13.2. The van der Waals surface area contributed by atoms with Crippen molar-refractivity contribution in [2.24, 2.45) is 0 Å². The standard InChI is InChI=1S/C41H48N14O3/c1-26-49-51-55(50-26)33-22-32(36(56)37(33)57)54-25-44-35-38(43-23-31(27-10-4-2-5-11-27)28-12-6-3-7-13-28)47-40(48-39(35)54)53-21-17-30(24-53)46-41(58)45-29-15-19-52(20-16-29)34-14-8-9-18-42-34/h2-14,18,25,29-33,36-37,56-57H,15-17,19-24H2,1H3,(H,43,47,48)(H2,45,46,58)/t30-,32-,33+,36+,37-/m1/s1. The second-order valence-corrected chi connectivity index (χ2v) is 15.5. The minimum absolute atomic E-state index is 0.0188. The summed E-state index contributed by atoms with van der Waals surface area (Å²) in [5.74, 6) is 2.50. The lowest BCUT2D eigenvalue weighted by Crippen LogP contribution is -2.50. The predicted molar refractivity (Wildman–Crippen MR) is 218 cm³/mol. The predicted octanol–water partition coefficient (Wildman–Crippen LogP) is 3.22. The molecule has 0 spiro atoms. The van der Waals surface area contributed by atoms with E-state index in [2.05, 4.69) is 70.4 Å². The summed E-state index contributed by atoms with van der Waals surface area (Å²) in [6.45, 7) is 5.07. The van der Waals surface area contributed by atoms with Crippen molar-refractivity contribution in [3.8, 4) is 0 Å². The van der Waals surface area contributed by atoms with Crippen LogP contribution in [0.15, 0.2) is 91.4 Å². The van der Waals surface area contributed by atoms with Crippen molar-refractivity contribution in [2.75, 3.05) is 47.8 Å². The highest BCUT2D eigenvalue weighted by atomic mass is 16.3. The lowest BCUT2D eigenvalue weighted by Gasteiger charge is -2.33. The number of aliphatic hydroxyl groups excluding tert-OH is 2. The molecule has 9 rings (SSSR count). The smallest absolute Gasteiger partial charge is 0.315 e. The first kappa shape index (κ1) is 37.4. The number of amides is 2. The van der Waals surface area contributed by atoms with Crippen molar-refractivity contribution >= 4 is 34.8 Å². The monoisotopic (exact) mass is 784 g/mol. The summed E-state index contributed by atoms with van der Waals surface area (Å²) in [7, 11) is 0. The van der Waals surface area contributed by atoms with Gasteiger partial charge in [0.15, 0.2) is 22.8 Å². The van der Waals surface area contributed by atoms with Gasteiger partial charge in [0.1, 0.15) is 24.1 Å². The number of aliphatic hydroxyl groups is 2. The summed E-state index contributed by atoms with van der Waals surface area (Å²) in [4.78, 5) is 38.3. The molecule has 17 heteroatoms. The van der Waals surface area contributed by atoms with Gasteiger partial charge < -0.3 is 40.5 Å². The van der Waals surface area contributed by atoms with Crippen LogP contribution in [-0.2, 0) is 0 Å². The van der Waals surface area contributed by atoms with E-state index in [0.29, 0.717) is 54.8 Å². The number of hydrogen-bond acceptors (Lipinski definition) is 13. The minimum atomic E-state index is -1.13. The normalized spacial score (nSPS) is 22.5. The molecule has 300 valence electrons. The third-order valence-electron chi connectivity index (χ3n) is 11.7. The zero-order valence-corrected chi connectivity index (χ0v) is 32.3. The number of urea groups is 1. The second-order valence-electron chi connectivity index (χ2n) is 15.5. The molecule has 1 aliphatic carbocycles. The van der Waals surface area contributed by atoms with Crippen molar-refractivity contribution in [2.45, 2.75) is 74.9 Å². The van der Waals surface area contributed by atoms with Crippen molar-refractivity contribution in [1.29, 1.82) is 0 Å². The number of anilines is 3. The number of pyridine rings is 1. The zero-order valence-electron chi connectivity index (χ0n) is 32.3. The topological polar surface area (TPSA) is 200 Å². The number of piperidine rings is 1. The molecule has 0 radical (unpaired) electrons. The third kappa shape index (κ3) is 7.74. The first-order valence-corrected chi connectivity index (χ1v) is 20.1. The molecule has 0 bridgehead atoms. The number of carbonyl (C=O) groups excluding carboxylic acids is 1. The Hall–Kier alpha value is -6.20. The molecule has 4 aromatic heterocycles. The highest BCUT2D eigenvalue weighted by molar-refractivity contribution is 5.84. The Labute approximate surface area is 335 Å². The molecule has 2 amide bonds. The summed E-state index contributed by atoms with van der Waals surface area (Å²) in [5, 5.41) is 45.0. The second kappa shape index (κ2) is 16.3. The summed E-state index contributed by atoms with van der Waals surface area (Å²) in [6.07, 6.45) is 3.94. The largest absolute Gasteiger partial charge is 0.388 e. The van der Waals surface area contributed by atoms with E-state index in [1.807, 2.05) is 59.2 Å². The van der Waals surface area contributed by atoms with Crippen molar-refractivity contribution in [3.05, 3.63) is 108 Å². The number of nitrogens with zero attached hydrogens (tertiary/aromatic N) is 11. The molecule has 0 unspecified atom stereocenters. The van der Waals surface area contributed by atoms with Crippen molar-refractivity contribution < 1.29 is 15.0 Å². The summed E-state index contributed by atoms with van der Waals surface area (Å²) < 4.78 is 1.83. The number of nitrogens with one attached hydrogen (secondary N) is 3. The minimum Gasteiger partial charge on any atom is -0.388 e. The maximum Gasteiger partial charge on any atom is 0.315 e. The summed E-state index contributed by atoms with van der Waals surface area (Å²) >= 11 is 0. The first-order chi connectivity index (χ1) is 28.4. The van der Waals surface area contributed by atoms with Gasteiger partial charge in [-0.1, -0.05) is 66.7 Å². The van der Waals surface area contributed by atoms with Crippen LogP contribution in [0.2, 0.25) is 0 Å². The summed E-state index contributed by atoms with van der Waals surface area (Å²) in [5.41, 5.74) is 3.39. The van der Waals surface area contributed by atoms with Gasteiger partial charge >= 0.3 is 6.03 Å². The van der Waals surface area contributed by atoms with E-state index in [1.54, 1.807) is 19.4 Å². The molecule has 5 atom stereocenters. The van der Waals surface area contributed by atoms with Crippen LogP contribution in [0.3, 0.4) is 0 Å². The van der Waals surface area contributed by atoms with E-state index in [1.165, 1.54) is 4.80 Å². The van der Waals surface area contributed by atoms with Crippen LogP contribution in [-0.4, -0.2) is 118 Å². The van der Waals surface area contributed by atoms with Crippen LogP contribution in [0.1, 0.15) is 60.6 Å². The third-order valence-corrected chi connectivity index (χ3v) is 11.7. The quantitative estimate of drug-likeness (QED) is 0.128. The van der Waals surface area contributed by atoms with Gasteiger partial charge in [-0.05, 0) is 61.1 Å². The fourth-order valence-corrected chi connectivity index (χ4v) is 8.61. The fraction of sp³-hybridized carbons (Fsp3) is 0.415. The van der Waals surface area contributed by atoms with Gasteiger partial charge in [0.25, 0.3) is 0 Å². The van der Waals surface area contributed by atoms with Crippen LogP contribution in [0.4, 0.5) is 22.4 Å². The van der Waals surface area contributed by atoms with E-state index in [-0.39, 0.29) is 24.0 Å². The first-order valence-electron chi connectivity index (χ1n) is 20.1. The van der Waals surface area contributed by atoms with E-state index in [9.17, 15) is 15.0 Å². The highest BCUT2D eigenvalue weighted by Crippen LogP contribution is 2.40. The van der Waals surface area contributed by atoms with Crippen LogP contribution in [0, 0.1) is 6.92 Å². The number of rotatable bonds is 11. The number of tetrazole rings is 1. The highest BCUT2D eigenvalue weighted by Gasteiger charge is 2.45. The van der Waals surface area contributed by atoms with Gasteiger partial charge in [-0.25, -0.2) is 14.8 Å².